The van der Waals surface area contributed by atoms with Gasteiger partial charge in [-0.2, -0.15) is 0 Å². The van der Waals surface area contributed by atoms with E-state index in [1.807, 2.05) is 0 Å². The van der Waals surface area contributed by atoms with Crippen molar-refractivity contribution < 1.29 is 4.58 Å². The van der Waals surface area contributed by atoms with Gasteiger partial charge in [-0.25, -0.2) is 4.58 Å². The van der Waals surface area contributed by atoms with Gasteiger partial charge >= 0.3 is 0 Å². The molecule has 0 unspecified atom stereocenters. The van der Waals surface area contributed by atoms with Crippen molar-refractivity contribution in [2.75, 3.05) is 13.1 Å². The zero-order chi connectivity index (χ0) is 10.4. The summed E-state index contributed by atoms with van der Waals surface area (Å²) < 4.78 is 2.38. The van der Waals surface area contributed by atoms with Gasteiger partial charge in [0, 0.05) is 5.57 Å². The first-order chi connectivity index (χ1) is 6.80. The van der Waals surface area contributed by atoms with Crippen molar-refractivity contribution in [2.24, 2.45) is 5.92 Å². The van der Waals surface area contributed by atoms with Crippen LogP contribution in [0.3, 0.4) is 0 Å². The van der Waals surface area contributed by atoms with Gasteiger partial charge in [0.15, 0.2) is 6.21 Å². The molecule has 0 aromatic heterocycles. The van der Waals surface area contributed by atoms with Crippen molar-refractivity contribution in [3.63, 3.8) is 0 Å². The van der Waals surface area contributed by atoms with Crippen LogP contribution in [0.5, 0.6) is 0 Å². The predicted octanol–water partition coefficient (Wildman–Crippen LogP) is 3.25. The Morgan fingerprint density at radius 1 is 1.21 bits per heavy atom. The van der Waals surface area contributed by atoms with Gasteiger partial charge in [0.1, 0.15) is 13.1 Å². The summed E-state index contributed by atoms with van der Waals surface area (Å²) in [5.41, 5.74) is 1.53. The molecule has 0 aromatic rings. The number of allylic oxidation sites excluding steroid dienone is 2. The lowest BCUT2D eigenvalue weighted by molar-refractivity contribution is -0.515. The van der Waals surface area contributed by atoms with Crippen LogP contribution in [0.1, 0.15) is 46.5 Å². The molecule has 0 atom stereocenters. The molecule has 1 rings (SSSR count). The minimum Gasteiger partial charge on any atom is -0.236 e. The highest BCUT2D eigenvalue weighted by Gasteiger charge is 2.15. The summed E-state index contributed by atoms with van der Waals surface area (Å²) in [6.07, 6.45) is 10.3. The molecule has 14 heavy (non-hydrogen) atoms. The molecule has 0 aliphatic heterocycles. The standard InChI is InChI=1S/C13H24N/c1-4-12(10-13-8-7-9-13)11-14(5-2)6-3/h10-11,13H,4-9H2,1-3H3/q+1. The van der Waals surface area contributed by atoms with Gasteiger partial charge in [-0.1, -0.05) is 19.4 Å². The Morgan fingerprint density at radius 3 is 2.21 bits per heavy atom. The van der Waals surface area contributed by atoms with E-state index in [-0.39, 0.29) is 0 Å². The summed E-state index contributed by atoms with van der Waals surface area (Å²) in [5, 5.41) is 0. The second-order valence-electron chi connectivity index (χ2n) is 4.14. The monoisotopic (exact) mass is 194 g/mol. The first-order valence-corrected chi connectivity index (χ1v) is 6.09. The maximum atomic E-state index is 2.49. The maximum Gasteiger partial charge on any atom is 0.166 e. The van der Waals surface area contributed by atoms with Crippen molar-refractivity contribution in [3.8, 4) is 0 Å². The minimum absolute atomic E-state index is 0.886. The van der Waals surface area contributed by atoms with Crippen LogP contribution in [0, 0.1) is 5.92 Å². The molecule has 1 saturated carbocycles. The van der Waals surface area contributed by atoms with E-state index in [2.05, 4.69) is 37.6 Å². The first kappa shape index (κ1) is 11.5. The Labute approximate surface area is 88.5 Å². The molecule has 1 aliphatic carbocycles. The van der Waals surface area contributed by atoms with Crippen LogP contribution in [0.4, 0.5) is 0 Å². The van der Waals surface area contributed by atoms with Crippen LogP contribution in [-0.2, 0) is 0 Å². The SMILES string of the molecule is CCC(=CC1CCC1)C=[N+](CC)CC. The average Bonchev–Trinajstić information content (AvgIpc) is 2.16. The van der Waals surface area contributed by atoms with E-state index in [1.165, 1.54) is 31.3 Å². The topological polar surface area (TPSA) is 3.01 Å². The molecule has 0 radical (unpaired) electrons. The Hall–Kier alpha value is -0.590. The molecule has 1 nitrogen and oxygen atoms in total. The number of hydrogen-bond acceptors (Lipinski definition) is 0. The Kier molecular flexibility index (Phi) is 4.92. The summed E-state index contributed by atoms with van der Waals surface area (Å²) in [4.78, 5) is 0. The van der Waals surface area contributed by atoms with Crippen LogP contribution >= 0.6 is 0 Å². The first-order valence-electron chi connectivity index (χ1n) is 6.09. The molecule has 80 valence electrons. The minimum atomic E-state index is 0.886. The van der Waals surface area contributed by atoms with Crippen LogP contribution < -0.4 is 0 Å². The van der Waals surface area contributed by atoms with E-state index in [9.17, 15) is 0 Å². The molecule has 1 heteroatoms. The van der Waals surface area contributed by atoms with Gasteiger partial charge < -0.3 is 0 Å². The van der Waals surface area contributed by atoms with Gasteiger partial charge in [0.2, 0.25) is 0 Å². The number of nitrogens with zero attached hydrogens (tertiary/aromatic N) is 1. The van der Waals surface area contributed by atoms with Gasteiger partial charge in [-0.15, -0.1) is 0 Å². The quantitative estimate of drug-likeness (QED) is 0.467. The third kappa shape index (κ3) is 3.28. The lowest BCUT2D eigenvalue weighted by Gasteiger charge is -2.22. The van der Waals surface area contributed by atoms with E-state index >= 15 is 0 Å². The fourth-order valence-corrected chi connectivity index (χ4v) is 1.80. The smallest absolute Gasteiger partial charge is 0.166 e. The van der Waals surface area contributed by atoms with Gasteiger partial charge in [0.05, 0.1) is 0 Å². The van der Waals surface area contributed by atoms with Crippen LogP contribution in [0.15, 0.2) is 11.6 Å². The molecule has 0 spiro atoms. The summed E-state index contributed by atoms with van der Waals surface area (Å²) in [6.45, 7) is 8.94. The van der Waals surface area contributed by atoms with Crippen molar-refractivity contribution in [1.82, 2.24) is 0 Å². The van der Waals surface area contributed by atoms with Crippen molar-refractivity contribution in [1.29, 1.82) is 0 Å². The molecule has 0 amide bonds. The highest BCUT2D eigenvalue weighted by Crippen LogP contribution is 2.28. The Bertz CT molecular complexity index is 215. The highest BCUT2D eigenvalue weighted by molar-refractivity contribution is 5.74. The summed E-state index contributed by atoms with van der Waals surface area (Å²) >= 11 is 0. The third-order valence-corrected chi connectivity index (χ3v) is 3.17. The maximum absolute atomic E-state index is 2.49. The Morgan fingerprint density at radius 2 is 1.86 bits per heavy atom. The summed E-state index contributed by atoms with van der Waals surface area (Å²) in [6, 6.07) is 0. The zero-order valence-corrected chi connectivity index (χ0v) is 9.92. The van der Waals surface area contributed by atoms with E-state index < -0.39 is 0 Å². The van der Waals surface area contributed by atoms with Crippen LogP contribution in [-0.4, -0.2) is 23.9 Å². The normalized spacial score (nSPS) is 17.8. The molecule has 0 aromatic carbocycles. The third-order valence-electron chi connectivity index (χ3n) is 3.17. The molecule has 1 fully saturated rings. The zero-order valence-electron chi connectivity index (χ0n) is 9.92. The van der Waals surface area contributed by atoms with Gasteiger partial charge in [-0.3, -0.25) is 0 Å². The average molecular weight is 194 g/mol. The summed E-state index contributed by atoms with van der Waals surface area (Å²) in [5.74, 6) is 0.886. The fraction of sp³-hybridized carbons (Fsp3) is 0.769. The summed E-state index contributed by atoms with van der Waals surface area (Å²) in [7, 11) is 0. The molecule has 0 heterocycles. The lowest BCUT2D eigenvalue weighted by Crippen LogP contribution is -2.14. The molecule has 0 N–H and O–H groups in total. The van der Waals surface area contributed by atoms with Crippen molar-refractivity contribution >= 4 is 6.21 Å². The largest absolute Gasteiger partial charge is 0.236 e. The van der Waals surface area contributed by atoms with Crippen LogP contribution in [0.25, 0.3) is 0 Å². The second kappa shape index (κ2) is 6.00. The molecular weight excluding hydrogens is 170 g/mol. The van der Waals surface area contributed by atoms with E-state index in [0.717, 1.165) is 19.0 Å². The number of hydrogen-bond donors (Lipinski definition) is 0. The van der Waals surface area contributed by atoms with Crippen LogP contribution in [0.2, 0.25) is 0 Å². The number of rotatable bonds is 5. The molecule has 0 bridgehead atoms. The van der Waals surface area contributed by atoms with E-state index in [1.54, 1.807) is 0 Å². The van der Waals surface area contributed by atoms with Crippen molar-refractivity contribution in [3.05, 3.63) is 11.6 Å². The Balaban J connectivity index is 2.59. The molecule has 1 aliphatic rings. The van der Waals surface area contributed by atoms with E-state index in [4.69, 9.17) is 0 Å². The predicted molar refractivity (Wildman–Crippen MR) is 63.1 cm³/mol. The second-order valence-corrected chi connectivity index (χ2v) is 4.14. The lowest BCUT2D eigenvalue weighted by atomic mass is 9.84. The molecule has 0 saturated heterocycles. The van der Waals surface area contributed by atoms with Crippen molar-refractivity contribution in [2.45, 2.75) is 46.5 Å². The van der Waals surface area contributed by atoms with Gasteiger partial charge in [-0.05, 0) is 39.0 Å². The fourth-order valence-electron chi connectivity index (χ4n) is 1.80. The van der Waals surface area contributed by atoms with E-state index in [0.29, 0.717) is 0 Å². The molecular formula is C13H24N+. The van der Waals surface area contributed by atoms with Gasteiger partial charge in [0.25, 0.3) is 0 Å². The highest BCUT2D eigenvalue weighted by atomic mass is 15.0.